The number of rotatable bonds is 1. The Balaban J connectivity index is 1.81. The molecule has 1 spiro atoms. The molecular weight excluding hydrogens is 182 g/mol. The maximum Gasteiger partial charge on any atom is 0.0601 e. The normalized spacial score (nSPS) is 24.7. The summed E-state index contributed by atoms with van der Waals surface area (Å²) in [4.78, 5) is 2.56. The second-order valence-electron chi connectivity index (χ2n) is 5.64. The van der Waals surface area contributed by atoms with Crippen LogP contribution in [0.5, 0.6) is 0 Å². The van der Waals surface area contributed by atoms with Crippen molar-refractivity contribution in [2.75, 3.05) is 19.6 Å². The van der Waals surface area contributed by atoms with Crippen LogP contribution in [-0.2, 0) is 0 Å². The van der Waals surface area contributed by atoms with Gasteiger partial charge >= 0.3 is 0 Å². The molecule has 1 aliphatic heterocycles. The molecule has 1 nitrogen and oxygen atoms in total. The molecule has 1 heteroatoms. The Morgan fingerprint density at radius 1 is 1.20 bits per heavy atom. The van der Waals surface area contributed by atoms with Crippen LogP contribution in [0.1, 0.15) is 46.0 Å². The zero-order valence-corrected chi connectivity index (χ0v) is 10.2. The second kappa shape index (κ2) is 4.58. The van der Waals surface area contributed by atoms with E-state index < -0.39 is 0 Å². The molecule has 0 unspecified atom stereocenters. The molecule has 0 atom stereocenters. The van der Waals surface area contributed by atoms with Gasteiger partial charge in [0.15, 0.2) is 0 Å². The Bertz CT molecular complexity index is 263. The van der Waals surface area contributed by atoms with E-state index in [1.54, 1.807) is 0 Å². The van der Waals surface area contributed by atoms with Crippen molar-refractivity contribution >= 4 is 0 Å². The summed E-state index contributed by atoms with van der Waals surface area (Å²) < 4.78 is 0. The molecule has 2 rings (SSSR count). The highest BCUT2D eigenvalue weighted by atomic mass is 15.1. The molecule has 0 N–H and O–H groups in total. The first kappa shape index (κ1) is 11.0. The molecule has 2 aliphatic rings. The van der Waals surface area contributed by atoms with E-state index in [9.17, 15) is 0 Å². The summed E-state index contributed by atoms with van der Waals surface area (Å²) in [7, 11) is 0. The van der Waals surface area contributed by atoms with Gasteiger partial charge in [-0.3, -0.25) is 4.90 Å². The fraction of sp³-hybridized carbons (Fsp3) is 0.857. The van der Waals surface area contributed by atoms with E-state index >= 15 is 0 Å². The van der Waals surface area contributed by atoms with Crippen LogP contribution in [0.25, 0.3) is 0 Å². The molecule has 1 aliphatic carbocycles. The minimum absolute atomic E-state index is 0.521. The first-order valence-corrected chi connectivity index (χ1v) is 6.41. The van der Waals surface area contributed by atoms with Gasteiger partial charge in [0, 0.05) is 12.5 Å². The molecule has 0 aromatic carbocycles. The Labute approximate surface area is 94.2 Å². The van der Waals surface area contributed by atoms with Crippen molar-refractivity contribution in [3.63, 3.8) is 0 Å². The molecule has 1 saturated heterocycles. The van der Waals surface area contributed by atoms with E-state index in [1.165, 1.54) is 45.2 Å². The first-order chi connectivity index (χ1) is 7.20. The molecule has 84 valence electrons. The van der Waals surface area contributed by atoms with Crippen LogP contribution in [0.15, 0.2) is 0 Å². The van der Waals surface area contributed by atoms with Crippen molar-refractivity contribution in [3.05, 3.63) is 0 Å². The highest BCUT2D eigenvalue weighted by Gasteiger charge is 2.39. The Kier molecular flexibility index (Phi) is 3.36. The molecule has 15 heavy (non-hydrogen) atoms. The van der Waals surface area contributed by atoms with Gasteiger partial charge in [0.1, 0.15) is 0 Å². The SMILES string of the molecule is CC(C)C#CCN1CCC2(CCCC2)C1. The average Bonchev–Trinajstić information content (AvgIpc) is 2.78. The number of nitrogens with zero attached hydrogens (tertiary/aromatic N) is 1. The molecule has 0 bridgehead atoms. The fourth-order valence-electron chi connectivity index (χ4n) is 3.06. The van der Waals surface area contributed by atoms with E-state index in [0.717, 1.165) is 6.54 Å². The summed E-state index contributed by atoms with van der Waals surface area (Å²) in [6.07, 6.45) is 7.30. The van der Waals surface area contributed by atoms with Crippen LogP contribution >= 0.6 is 0 Å². The van der Waals surface area contributed by atoms with Gasteiger partial charge in [0.2, 0.25) is 0 Å². The van der Waals surface area contributed by atoms with E-state index in [4.69, 9.17) is 0 Å². The van der Waals surface area contributed by atoms with Crippen LogP contribution in [0, 0.1) is 23.2 Å². The molecule has 0 radical (unpaired) electrons. The van der Waals surface area contributed by atoms with Gasteiger partial charge < -0.3 is 0 Å². The highest BCUT2D eigenvalue weighted by Crippen LogP contribution is 2.44. The molecule has 0 aromatic heterocycles. The maximum absolute atomic E-state index is 3.31. The third kappa shape index (κ3) is 2.75. The van der Waals surface area contributed by atoms with E-state index in [1.807, 2.05) is 0 Å². The summed E-state index contributed by atoms with van der Waals surface area (Å²) in [6, 6.07) is 0. The predicted octanol–water partition coefficient (Wildman–Crippen LogP) is 2.91. The second-order valence-corrected chi connectivity index (χ2v) is 5.64. The highest BCUT2D eigenvalue weighted by molar-refractivity contribution is 5.05. The van der Waals surface area contributed by atoms with Gasteiger partial charge in [-0.15, -0.1) is 0 Å². The Morgan fingerprint density at radius 3 is 2.60 bits per heavy atom. The van der Waals surface area contributed by atoms with Gasteiger partial charge in [-0.1, -0.05) is 38.5 Å². The van der Waals surface area contributed by atoms with Crippen LogP contribution < -0.4 is 0 Å². The molecule has 1 heterocycles. The maximum atomic E-state index is 3.31. The topological polar surface area (TPSA) is 3.24 Å². The van der Waals surface area contributed by atoms with Crippen LogP contribution in [-0.4, -0.2) is 24.5 Å². The number of hydrogen-bond acceptors (Lipinski definition) is 1. The van der Waals surface area contributed by atoms with Crippen LogP contribution in [0.2, 0.25) is 0 Å². The van der Waals surface area contributed by atoms with Crippen LogP contribution in [0.3, 0.4) is 0 Å². The predicted molar refractivity (Wildman–Crippen MR) is 64.6 cm³/mol. The summed E-state index contributed by atoms with van der Waals surface area (Å²) in [5.74, 6) is 7.09. The summed E-state index contributed by atoms with van der Waals surface area (Å²) in [5.41, 5.74) is 0.708. The van der Waals surface area contributed by atoms with E-state index in [-0.39, 0.29) is 0 Å². The first-order valence-electron chi connectivity index (χ1n) is 6.41. The van der Waals surface area contributed by atoms with E-state index in [0.29, 0.717) is 11.3 Å². The van der Waals surface area contributed by atoms with Gasteiger partial charge in [0.25, 0.3) is 0 Å². The summed E-state index contributed by atoms with van der Waals surface area (Å²) >= 11 is 0. The van der Waals surface area contributed by atoms with Crippen LogP contribution in [0.4, 0.5) is 0 Å². The Hall–Kier alpha value is -0.480. The van der Waals surface area contributed by atoms with Gasteiger partial charge in [-0.25, -0.2) is 0 Å². The third-order valence-electron chi connectivity index (χ3n) is 3.87. The lowest BCUT2D eigenvalue weighted by molar-refractivity contribution is 0.278. The average molecular weight is 205 g/mol. The minimum Gasteiger partial charge on any atom is -0.292 e. The molecular formula is C14H23N. The fourth-order valence-corrected chi connectivity index (χ4v) is 3.06. The zero-order valence-electron chi connectivity index (χ0n) is 10.2. The van der Waals surface area contributed by atoms with Gasteiger partial charge in [-0.05, 0) is 31.2 Å². The molecule has 1 saturated carbocycles. The van der Waals surface area contributed by atoms with Crippen molar-refractivity contribution < 1.29 is 0 Å². The van der Waals surface area contributed by atoms with Crippen molar-refractivity contribution in [1.29, 1.82) is 0 Å². The monoisotopic (exact) mass is 205 g/mol. The van der Waals surface area contributed by atoms with Crippen molar-refractivity contribution in [3.8, 4) is 11.8 Å². The molecule has 0 amide bonds. The minimum atomic E-state index is 0.521. The quantitative estimate of drug-likeness (QED) is 0.595. The smallest absolute Gasteiger partial charge is 0.0601 e. The summed E-state index contributed by atoms with van der Waals surface area (Å²) in [6.45, 7) is 7.93. The van der Waals surface area contributed by atoms with Gasteiger partial charge in [-0.2, -0.15) is 0 Å². The molecule has 0 aromatic rings. The lowest BCUT2D eigenvalue weighted by Gasteiger charge is -2.22. The zero-order chi connectivity index (χ0) is 10.7. The lowest BCUT2D eigenvalue weighted by atomic mass is 9.86. The van der Waals surface area contributed by atoms with Gasteiger partial charge in [0.05, 0.1) is 6.54 Å². The molecule has 2 fully saturated rings. The van der Waals surface area contributed by atoms with Crippen molar-refractivity contribution in [2.45, 2.75) is 46.0 Å². The summed E-state index contributed by atoms with van der Waals surface area (Å²) in [5, 5.41) is 0. The van der Waals surface area contributed by atoms with Crippen molar-refractivity contribution in [1.82, 2.24) is 4.90 Å². The Morgan fingerprint density at radius 2 is 1.93 bits per heavy atom. The standard InChI is InChI=1S/C14H23N/c1-13(2)6-5-10-15-11-9-14(12-15)7-3-4-8-14/h13H,3-4,7-12H2,1-2H3. The lowest BCUT2D eigenvalue weighted by Crippen LogP contribution is -2.25. The number of likely N-dealkylation sites (tertiary alicyclic amines) is 1. The largest absolute Gasteiger partial charge is 0.292 e. The third-order valence-corrected chi connectivity index (χ3v) is 3.87. The number of hydrogen-bond donors (Lipinski definition) is 0. The van der Waals surface area contributed by atoms with E-state index in [2.05, 4.69) is 30.6 Å². The van der Waals surface area contributed by atoms with Crippen molar-refractivity contribution in [2.24, 2.45) is 11.3 Å².